The zero-order chi connectivity index (χ0) is 15.2. The standard InChI is InChI=1S/C15H14N4O2/c16-15(19-17)18-12-9-5-4-8-11(12)14(21)13(20)10-6-2-1-3-7-10/h1-9H,17H2,(H3,16,18,19). The van der Waals surface area contributed by atoms with Crippen LogP contribution in [0.1, 0.15) is 20.7 Å². The number of ketones is 2. The Morgan fingerprint density at radius 3 is 2.19 bits per heavy atom. The van der Waals surface area contributed by atoms with Gasteiger partial charge in [-0.2, -0.15) is 0 Å². The van der Waals surface area contributed by atoms with E-state index in [2.05, 4.69) is 10.4 Å². The molecule has 0 unspecified atom stereocenters. The summed E-state index contributed by atoms with van der Waals surface area (Å²) in [4.78, 5) is 28.5. The lowest BCUT2D eigenvalue weighted by Gasteiger charge is -2.05. The number of para-hydroxylation sites is 1. The van der Waals surface area contributed by atoms with Crippen LogP contribution >= 0.6 is 0 Å². The van der Waals surface area contributed by atoms with Gasteiger partial charge in [0, 0.05) is 5.56 Å². The van der Waals surface area contributed by atoms with Crippen molar-refractivity contribution >= 4 is 23.2 Å². The van der Waals surface area contributed by atoms with Gasteiger partial charge in [0.15, 0.2) is 0 Å². The SMILES string of the molecule is NNC(N)=Nc1ccccc1C(=O)C(=O)c1ccccc1. The normalized spacial score (nSPS) is 11.0. The molecule has 6 heteroatoms. The Balaban J connectivity index is 2.38. The molecule has 0 saturated heterocycles. The molecular weight excluding hydrogens is 268 g/mol. The van der Waals surface area contributed by atoms with Gasteiger partial charge < -0.3 is 5.73 Å². The molecule has 0 bridgehead atoms. The third-order valence-electron chi connectivity index (χ3n) is 2.78. The summed E-state index contributed by atoms with van der Waals surface area (Å²) in [5, 5.41) is 0. The van der Waals surface area contributed by atoms with Crippen LogP contribution in [0.3, 0.4) is 0 Å². The number of rotatable bonds is 4. The van der Waals surface area contributed by atoms with Gasteiger partial charge in [0.05, 0.1) is 11.3 Å². The van der Waals surface area contributed by atoms with E-state index in [0.717, 1.165) is 0 Å². The number of hydrogen-bond acceptors (Lipinski definition) is 4. The predicted octanol–water partition coefficient (Wildman–Crippen LogP) is 1.16. The van der Waals surface area contributed by atoms with E-state index in [1.807, 2.05) is 0 Å². The maximum atomic E-state index is 12.3. The van der Waals surface area contributed by atoms with Gasteiger partial charge in [0.1, 0.15) is 0 Å². The molecule has 21 heavy (non-hydrogen) atoms. The van der Waals surface area contributed by atoms with Crippen molar-refractivity contribution < 1.29 is 9.59 Å². The van der Waals surface area contributed by atoms with Gasteiger partial charge in [-0.25, -0.2) is 10.8 Å². The highest BCUT2D eigenvalue weighted by molar-refractivity contribution is 6.50. The van der Waals surface area contributed by atoms with E-state index in [4.69, 9.17) is 11.6 Å². The molecule has 0 amide bonds. The highest BCUT2D eigenvalue weighted by Crippen LogP contribution is 2.20. The van der Waals surface area contributed by atoms with Crippen LogP contribution in [0.25, 0.3) is 0 Å². The Kier molecular flexibility index (Phi) is 4.43. The summed E-state index contributed by atoms with van der Waals surface area (Å²) in [7, 11) is 0. The van der Waals surface area contributed by atoms with Crippen molar-refractivity contribution in [1.29, 1.82) is 0 Å². The molecule has 0 spiro atoms. The molecule has 0 aromatic heterocycles. The van der Waals surface area contributed by atoms with Crippen LogP contribution in [0.2, 0.25) is 0 Å². The van der Waals surface area contributed by atoms with E-state index in [0.29, 0.717) is 5.56 Å². The number of nitrogens with zero attached hydrogens (tertiary/aromatic N) is 1. The molecule has 0 aliphatic heterocycles. The largest absolute Gasteiger partial charge is 0.369 e. The smallest absolute Gasteiger partial charge is 0.235 e. The number of hydrogen-bond donors (Lipinski definition) is 3. The van der Waals surface area contributed by atoms with Crippen LogP contribution in [0.4, 0.5) is 5.69 Å². The first-order valence-electron chi connectivity index (χ1n) is 6.17. The van der Waals surface area contributed by atoms with Crippen molar-refractivity contribution in [2.75, 3.05) is 0 Å². The van der Waals surface area contributed by atoms with Crippen LogP contribution in [0.5, 0.6) is 0 Å². The molecule has 0 atom stereocenters. The molecule has 0 heterocycles. The number of guanidine groups is 1. The number of nitrogens with two attached hydrogens (primary N) is 2. The summed E-state index contributed by atoms with van der Waals surface area (Å²) in [6, 6.07) is 14.8. The molecular formula is C15H14N4O2. The van der Waals surface area contributed by atoms with Crippen LogP contribution in [-0.2, 0) is 0 Å². The average molecular weight is 282 g/mol. The third-order valence-corrected chi connectivity index (χ3v) is 2.78. The Hall–Kier alpha value is -2.99. The van der Waals surface area contributed by atoms with Gasteiger partial charge >= 0.3 is 0 Å². The first kappa shape index (κ1) is 14.4. The number of Topliss-reactive ketones (excluding diaryl/α,β-unsaturated/α-hetero) is 2. The van der Waals surface area contributed by atoms with E-state index >= 15 is 0 Å². The molecule has 2 aromatic rings. The van der Waals surface area contributed by atoms with Crippen LogP contribution < -0.4 is 17.0 Å². The van der Waals surface area contributed by atoms with Crippen molar-refractivity contribution in [3.8, 4) is 0 Å². The fraction of sp³-hybridized carbons (Fsp3) is 0. The van der Waals surface area contributed by atoms with Crippen LogP contribution in [0, 0.1) is 0 Å². The first-order valence-corrected chi connectivity index (χ1v) is 6.17. The first-order chi connectivity index (χ1) is 10.1. The van der Waals surface area contributed by atoms with E-state index in [1.54, 1.807) is 48.5 Å². The van der Waals surface area contributed by atoms with Gasteiger partial charge in [0.25, 0.3) is 0 Å². The summed E-state index contributed by atoms with van der Waals surface area (Å²) < 4.78 is 0. The van der Waals surface area contributed by atoms with Crippen molar-refractivity contribution in [2.24, 2.45) is 16.6 Å². The number of carbonyl (C=O) groups excluding carboxylic acids is 2. The molecule has 0 aliphatic carbocycles. The second kappa shape index (κ2) is 6.44. The monoisotopic (exact) mass is 282 g/mol. The van der Waals surface area contributed by atoms with E-state index in [-0.39, 0.29) is 17.2 Å². The summed E-state index contributed by atoms with van der Waals surface area (Å²) in [5.74, 6) is 3.84. The maximum Gasteiger partial charge on any atom is 0.235 e. The minimum Gasteiger partial charge on any atom is -0.369 e. The van der Waals surface area contributed by atoms with Crippen LogP contribution in [-0.4, -0.2) is 17.5 Å². The van der Waals surface area contributed by atoms with Crippen LogP contribution in [0.15, 0.2) is 59.6 Å². The third kappa shape index (κ3) is 3.31. The molecule has 2 aromatic carbocycles. The van der Waals surface area contributed by atoms with E-state index in [9.17, 15) is 9.59 Å². The van der Waals surface area contributed by atoms with E-state index < -0.39 is 11.6 Å². The van der Waals surface area contributed by atoms with Gasteiger partial charge in [0.2, 0.25) is 17.5 Å². The lowest BCUT2D eigenvalue weighted by Crippen LogP contribution is -2.36. The van der Waals surface area contributed by atoms with Gasteiger partial charge in [-0.3, -0.25) is 15.0 Å². The van der Waals surface area contributed by atoms with Crippen molar-refractivity contribution in [2.45, 2.75) is 0 Å². The number of aliphatic imine (C=N–C) groups is 1. The minimum atomic E-state index is -0.648. The quantitative estimate of drug-likeness (QED) is 0.195. The summed E-state index contributed by atoms with van der Waals surface area (Å²) in [6.45, 7) is 0. The number of carbonyl (C=O) groups is 2. The predicted molar refractivity (Wildman–Crippen MR) is 80.2 cm³/mol. The topological polar surface area (TPSA) is 111 Å². The molecule has 6 nitrogen and oxygen atoms in total. The molecule has 0 saturated carbocycles. The fourth-order valence-corrected chi connectivity index (χ4v) is 1.77. The lowest BCUT2D eigenvalue weighted by atomic mass is 10.0. The highest BCUT2D eigenvalue weighted by Gasteiger charge is 2.20. The summed E-state index contributed by atoms with van der Waals surface area (Å²) >= 11 is 0. The Bertz CT molecular complexity index is 696. The molecule has 0 fully saturated rings. The molecule has 2 rings (SSSR count). The van der Waals surface area contributed by atoms with Crippen molar-refractivity contribution in [3.63, 3.8) is 0 Å². The zero-order valence-electron chi connectivity index (χ0n) is 11.1. The van der Waals surface area contributed by atoms with E-state index in [1.165, 1.54) is 6.07 Å². The number of benzene rings is 2. The fourth-order valence-electron chi connectivity index (χ4n) is 1.77. The second-order valence-electron chi connectivity index (χ2n) is 4.18. The minimum absolute atomic E-state index is 0.0533. The second-order valence-corrected chi connectivity index (χ2v) is 4.18. The maximum absolute atomic E-state index is 12.3. The lowest BCUT2D eigenvalue weighted by molar-refractivity contribution is 0.0817. The Morgan fingerprint density at radius 1 is 0.905 bits per heavy atom. The Morgan fingerprint density at radius 2 is 1.52 bits per heavy atom. The number of hydrazine groups is 1. The molecule has 0 aliphatic rings. The average Bonchev–Trinajstić information content (AvgIpc) is 2.54. The molecule has 0 radical (unpaired) electrons. The number of nitrogens with one attached hydrogen (secondary N) is 1. The molecule has 106 valence electrons. The highest BCUT2D eigenvalue weighted by atomic mass is 16.2. The molecule has 5 N–H and O–H groups in total. The zero-order valence-corrected chi connectivity index (χ0v) is 11.1. The van der Waals surface area contributed by atoms with Gasteiger partial charge in [-0.05, 0) is 12.1 Å². The summed E-state index contributed by atoms with van der Waals surface area (Å²) in [6.07, 6.45) is 0. The van der Waals surface area contributed by atoms with Crippen molar-refractivity contribution in [3.05, 3.63) is 65.7 Å². The van der Waals surface area contributed by atoms with Gasteiger partial charge in [-0.15, -0.1) is 0 Å². The summed E-state index contributed by atoms with van der Waals surface area (Å²) in [5.41, 5.74) is 8.43. The van der Waals surface area contributed by atoms with Gasteiger partial charge in [-0.1, -0.05) is 42.5 Å². The van der Waals surface area contributed by atoms with Crippen molar-refractivity contribution in [1.82, 2.24) is 5.43 Å². The Labute approximate surface area is 121 Å².